The smallest absolute Gasteiger partial charge is 0.303 e. The summed E-state index contributed by atoms with van der Waals surface area (Å²) in [5.41, 5.74) is 2.19. The normalized spacial score (nSPS) is 18.2. The summed E-state index contributed by atoms with van der Waals surface area (Å²) in [5.74, 6) is -2.61. The summed E-state index contributed by atoms with van der Waals surface area (Å²) in [7, 11) is 6.66. The van der Waals surface area contributed by atoms with Gasteiger partial charge in [-0.3, -0.25) is 28.9 Å². The Hall–Kier alpha value is -4.01. The third-order valence-corrected chi connectivity index (χ3v) is 12.1. The number of hydrogen-bond donors (Lipinski definition) is 4. The number of carboxylic acids is 1. The molecule has 4 amide bonds. The topological polar surface area (TPSA) is 174 Å². The van der Waals surface area contributed by atoms with E-state index in [4.69, 9.17) is 14.6 Å². The number of carboxylic acid groups (broad SMARTS) is 1. The fourth-order valence-corrected chi connectivity index (χ4v) is 8.73. The van der Waals surface area contributed by atoms with Crippen LogP contribution < -0.4 is 10.6 Å². The number of likely N-dealkylation sites (tertiary alicyclic amines) is 1. The van der Waals surface area contributed by atoms with Gasteiger partial charge in [0.15, 0.2) is 0 Å². The first-order valence-electron chi connectivity index (χ1n) is 21.2. The molecule has 0 spiro atoms. The van der Waals surface area contributed by atoms with Gasteiger partial charge in [0.2, 0.25) is 23.6 Å². The molecule has 0 aliphatic carbocycles. The SMILES string of the molecule is CCC(C)C(C(CC(=O)N1CCC[C@H]1C(OC)C(C)C(=O)NCCc1c[nH]c2ccccc12)OC)N(C)C(=O)C(NC(=O)C(C(C)C)N(C)CCCC(=O)O)C(C)C. The molecule has 1 aliphatic rings. The van der Waals surface area contributed by atoms with Crippen LogP contribution in [-0.4, -0.2) is 139 Å². The van der Waals surface area contributed by atoms with Crippen molar-refractivity contribution in [3.05, 3.63) is 36.0 Å². The van der Waals surface area contributed by atoms with Crippen molar-refractivity contribution >= 4 is 40.5 Å². The molecular formula is C44H72N6O8. The maximum absolute atomic E-state index is 14.4. The number of rotatable bonds is 24. The van der Waals surface area contributed by atoms with Crippen molar-refractivity contribution < 1.29 is 38.6 Å². The number of fused-ring (bicyclic) bond motifs is 1. The highest BCUT2D eigenvalue weighted by Gasteiger charge is 2.43. The highest BCUT2D eigenvalue weighted by molar-refractivity contribution is 5.90. The maximum atomic E-state index is 14.4. The molecule has 0 bridgehead atoms. The number of aromatic nitrogens is 1. The average molecular weight is 813 g/mol. The van der Waals surface area contributed by atoms with Gasteiger partial charge in [-0.25, -0.2) is 0 Å². The Morgan fingerprint density at radius 1 is 0.983 bits per heavy atom. The summed E-state index contributed by atoms with van der Waals surface area (Å²) < 4.78 is 12.0. The minimum atomic E-state index is -0.887. The van der Waals surface area contributed by atoms with Gasteiger partial charge in [-0.05, 0) is 68.7 Å². The van der Waals surface area contributed by atoms with Gasteiger partial charge in [0, 0.05) is 57.9 Å². The van der Waals surface area contributed by atoms with E-state index < -0.39 is 42.2 Å². The van der Waals surface area contributed by atoms with Crippen molar-refractivity contribution in [2.75, 3.05) is 47.9 Å². The third kappa shape index (κ3) is 12.5. The number of aromatic amines is 1. The van der Waals surface area contributed by atoms with Gasteiger partial charge in [-0.1, -0.05) is 73.1 Å². The molecule has 0 saturated carbocycles. The van der Waals surface area contributed by atoms with Crippen LogP contribution in [0.25, 0.3) is 10.9 Å². The molecule has 1 aromatic heterocycles. The Morgan fingerprint density at radius 3 is 2.28 bits per heavy atom. The second-order valence-corrected chi connectivity index (χ2v) is 16.9. The summed E-state index contributed by atoms with van der Waals surface area (Å²) in [4.78, 5) is 75.6. The van der Waals surface area contributed by atoms with Crippen molar-refractivity contribution in [1.82, 2.24) is 30.3 Å². The molecule has 8 atom stereocenters. The molecule has 1 aliphatic heterocycles. The van der Waals surface area contributed by atoms with E-state index in [1.807, 2.05) is 82.7 Å². The van der Waals surface area contributed by atoms with Gasteiger partial charge >= 0.3 is 5.97 Å². The van der Waals surface area contributed by atoms with E-state index in [0.29, 0.717) is 38.9 Å². The lowest BCUT2D eigenvalue weighted by atomic mass is 9.89. The summed E-state index contributed by atoms with van der Waals surface area (Å²) in [6.45, 7) is 15.0. The first-order valence-corrected chi connectivity index (χ1v) is 21.2. The Balaban J connectivity index is 1.72. The van der Waals surface area contributed by atoms with Crippen LogP contribution in [0.1, 0.15) is 92.6 Å². The number of nitrogens with one attached hydrogen (secondary N) is 3. The Labute approximate surface area is 346 Å². The molecule has 3 rings (SSSR count). The van der Waals surface area contributed by atoms with Crippen LogP contribution in [0.4, 0.5) is 0 Å². The second kappa shape index (κ2) is 23.0. The molecule has 4 N–H and O–H groups in total. The van der Waals surface area contributed by atoms with E-state index in [9.17, 15) is 24.0 Å². The third-order valence-electron chi connectivity index (χ3n) is 12.1. The van der Waals surface area contributed by atoms with Gasteiger partial charge in [-0.2, -0.15) is 0 Å². The minimum Gasteiger partial charge on any atom is -0.481 e. The van der Waals surface area contributed by atoms with Crippen LogP contribution in [0.3, 0.4) is 0 Å². The predicted molar refractivity (Wildman–Crippen MR) is 226 cm³/mol. The van der Waals surface area contributed by atoms with Crippen LogP contribution in [0.2, 0.25) is 0 Å². The van der Waals surface area contributed by atoms with E-state index in [1.54, 1.807) is 33.2 Å². The number of para-hydroxylation sites is 1. The fraction of sp³-hybridized carbons (Fsp3) is 0.705. The van der Waals surface area contributed by atoms with Gasteiger partial charge in [-0.15, -0.1) is 0 Å². The number of nitrogens with zero attached hydrogens (tertiary/aromatic N) is 3. The molecule has 58 heavy (non-hydrogen) atoms. The molecule has 7 unspecified atom stereocenters. The van der Waals surface area contributed by atoms with Crippen molar-refractivity contribution in [3.8, 4) is 0 Å². The number of methoxy groups -OCH3 is 2. The monoisotopic (exact) mass is 813 g/mol. The number of hydrogen-bond acceptors (Lipinski definition) is 8. The van der Waals surface area contributed by atoms with Crippen LogP contribution in [-0.2, 0) is 39.9 Å². The van der Waals surface area contributed by atoms with E-state index in [2.05, 4.69) is 21.7 Å². The number of likely N-dealkylation sites (N-methyl/N-ethyl adjacent to an activating group) is 2. The number of amides is 4. The zero-order valence-corrected chi connectivity index (χ0v) is 36.9. The highest BCUT2D eigenvalue weighted by Crippen LogP contribution is 2.30. The van der Waals surface area contributed by atoms with Crippen LogP contribution >= 0.6 is 0 Å². The molecule has 14 nitrogen and oxygen atoms in total. The first-order chi connectivity index (χ1) is 27.5. The van der Waals surface area contributed by atoms with Gasteiger partial charge in [0.1, 0.15) is 6.04 Å². The van der Waals surface area contributed by atoms with Crippen molar-refractivity contribution in [3.63, 3.8) is 0 Å². The molecule has 1 aromatic carbocycles. The largest absolute Gasteiger partial charge is 0.481 e. The molecular weight excluding hydrogens is 741 g/mol. The summed E-state index contributed by atoms with van der Waals surface area (Å²) in [6.07, 6.45) is 4.12. The fourth-order valence-electron chi connectivity index (χ4n) is 8.73. The van der Waals surface area contributed by atoms with E-state index in [1.165, 1.54) is 0 Å². The summed E-state index contributed by atoms with van der Waals surface area (Å²) in [5, 5.41) is 16.3. The van der Waals surface area contributed by atoms with Crippen LogP contribution in [0, 0.1) is 23.7 Å². The summed E-state index contributed by atoms with van der Waals surface area (Å²) >= 11 is 0. The van der Waals surface area contributed by atoms with E-state index >= 15 is 0 Å². The highest BCUT2D eigenvalue weighted by atomic mass is 16.5. The lowest BCUT2D eigenvalue weighted by Gasteiger charge is -2.41. The number of ether oxygens (including phenoxy) is 2. The van der Waals surface area contributed by atoms with E-state index in [0.717, 1.165) is 29.3 Å². The Morgan fingerprint density at radius 2 is 1.67 bits per heavy atom. The molecule has 0 radical (unpaired) electrons. The molecule has 1 saturated heterocycles. The van der Waals surface area contributed by atoms with Gasteiger partial charge in [0.25, 0.3) is 0 Å². The lowest BCUT2D eigenvalue weighted by molar-refractivity contribution is -0.148. The van der Waals surface area contributed by atoms with Crippen molar-refractivity contribution in [2.24, 2.45) is 23.7 Å². The zero-order valence-electron chi connectivity index (χ0n) is 36.9. The molecule has 2 aromatic rings. The number of carbonyl (C=O) groups excluding carboxylic acids is 4. The Bertz CT molecular complexity index is 1650. The summed E-state index contributed by atoms with van der Waals surface area (Å²) in [6, 6.07) is 5.89. The van der Waals surface area contributed by atoms with Crippen LogP contribution in [0.5, 0.6) is 0 Å². The quantitative estimate of drug-likeness (QED) is 0.117. The number of H-pyrrole nitrogens is 1. The average Bonchev–Trinajstić information content (AvgIpc) is 3.84. The van der Waals surface area contributed by atoms with Crippen molar-refractivity contribution in [2.45, 2.75) is 130 Å². The minimum absolute atomic E-state index is 0.00411. The molecule has 1 fully saturated rings. The number of carbonyl (C=O) groups is 5. The van der Waals surface area contributed by atoms with Crippen molar-refractivity contribution in [1.29, 1.82) is 0 Å². The predicted octanol–water partition coefficient (Wildman–Crippen LogP) is 4.71. The van der Waals surface area contributed by atoms with Gasteiger partial charge < -0.3 is 40.0 Å². The molecule has 326 valence electrons. The molecule has 14 heteroatoms. The zero-order chi connectivity index (χ0) is 43.3. The van der Waals surface area contributed by atoms with E-state index in [-0.39, 0.29) is 60.3 Å². The second-order valence-electron chi connectivity index (χ2n) is 16.9. The number of benzene rings is 1. The lowest BCUT2D eigenvalue weighted by Crippen LogP contribution is -2.60. The Kier molecular flexibility index (Phi) is 19.1. The van der Waals surface area contributed by atoms with Gasteiger partial charge in [0.05, 0.1) is 42.7 Å². The number of aliphatic carboxylic acids is 1. The molecule has 2 heterocycles. The van der Waals surface area contributed by atoms with Crippen LogP contribution in [0.15, 0.2) is 30.5 Å². The first kappa shape index (κ1) is 48.4. The maximum Gasteiger partial charge on any atom is 0.303 e. The standard InChI is InChI=1S/C44H72N6O8/c1-12-29(6)40(49(9)44(56)38(27(2)3)47-43(55)39(28(4)5)48(8)23-16-20-37(52)53)35(57-10)25-36(51)50-24-15-19-34(50)41(58-11)30(7)42(54)45-22-21-31-26-46-33-18-14-13-17-32(31)33/h13-14,17-18,26-30,34-35,38-41,46H,12,15-16,19-25H2,1-11H3,(H,45,54)(H,47,55)(H,52,53)/t29?,30?,34-,35?,38?,39?,40?,41?/m0/s1.